The summed E-state index contributed by atoms with van der Waals surface area (Å²) >= 11 is 0. The third-order valence-corrected chi connectivity index (χ3v) is 3.80. The van der Waals surface area contributed by atoms with Gasteiger partial charge < -0.3 is 19.5 Å². The molecule has 0 aliphatic carbocycles. The van der Waals surface area contributed by atoms with Crippen molar-refractivity contribution in [1.82, 2.24) is 10.2 Å². The molecule has 2 aliphatic rings. The van der Waals surface area contributed by atoms with Crippen molar-refractivity contribution in [3.05, 3.63) is 0 Å². The standard InChI is InChI=1S/C14H24N2O5/c1-19-14(18)8-12-9-16(4-7-21-12)10-13(17)15-11-2-5-20-6-3-11/h11-12H,2-10H2,1H3,(H,15,17). The summed E-state index contributed by atoms with van der Waals surface area (Å²) < 4.78 is 15.4. The number of hydrogen-bond acceptors (Lipinski definition) is 6. The van der Waals surface area contributed by atoms with Crippen LogP contribution in [0.4, 0.5) is 0 Å². The maximum Gasteiger partial charge on any atom is 0.308 e. The molecule has 2 rings (SSSR count). The van der Waals surface area contributed by atoms with Gasteiger partial charge in [0.15, 0.2) is 0 Å². The smallest absolute Gasteiger partial charge is 0.308 e. The van der Waals surface area contributed by atoms with Crippen molar-refractivity contribution < 1.29 is 23.8 Å². The number of methoxy groups -OCH3 is 1. The molecule has 0 saturated carbocycles. The van der Waals surface area contributed by atoms with Gasteiger partial charge in [0.25, 0.3) is 0 Å². The molecule has 0 aromatic rings. The zero-order valence-corrected chi connectivity index (χ0v) is 12.5. The number of esters is 1. The maximum atomic E-state index is 12.0. The number of carbonyl (C=O) groups excluding carboxylic acids is 2. The van der Waals surface area contributed by atoms with Gasteiger partial charge in [-0.3, -0.25) is 14.5 Å². The van der Waals surface area contributed by atoms with Crippen LogP contribution >= 0.6 is 0 Å². The molecule has 7 heteroatoms. The van der Waals surface area contributed by atoms with Gasteiger partial charge in [-0.2, -0.15) is 0 Å². The van der Waals surface area contributed by atoms with Crippen LogP contribution in [0.2, 0.25) is 0 Å². The molecule has 1 atom stereocenters. The topological polar surface area (TPSA) is 77.1 Å². The van der Waals surface area contributed by atoms with Crippen molar-refractivity contribution in [2.75, 3.05) is 46.6 Å². The number of morpholine rings is 1. The number of rotatable bonds is 5. The molecule has 2 aliphatic heterocycles. The molecule has 7 nitrogen and oxygen atoms in total. The van der Waals surface area contributed by atoms with Gasteiger partial charge in [0.05, 0.1) is 32.8 Å². The first-order valence-electron chi connectivity index (χ1n) is 7.45. The lowest BCUT2D eigenvalue weighted by atomic mass is 10.1. The molecule has 2 fully saturated rings. The number of nitrogens with one attached hydrogen (secondary N) is 1. The van der Waals surface area contributed by atoms with Crippen LogP contribution in [0.25, 0.3) is 0 Å². The number of hydrogen-bond donors (Lipinski definition) is 1. The zero-order chi connectivity index (χ0) is 15.1. The minimum atomic E-state index is -0.284. The average molecular weight is 300 g/mol. The quantitative estimate of drug-likeness (QED) is 0.693. The van der Waals surface area contributed by atoms with Crippen LogP contribution in [-0.4, -0.2) is 75.5 Å². The Bertz CT molecular complexity index is 357. The molecule has 2 heterocycles. The molecule has 1 N–H and O–H groups in total. The molecule has 0 aromatic carbocycles. The molecule has 2 saturated heterocycles. The third kappa shape index (κ3) is 5.61. The van der Waals surface area contributed by atoms with E-state index in [1.54, 1.807) is 0 Å². The Morgan fingerprint density at radius 3 is 2.76 bits per heavy atom. The number of nitrogens with zero attached hydrogens (tertiary/aromatic N) is 1. The van der Waals surface area contributed by atoms with Crippen molar-refractivity contribution in [3.8, 4) is 0 Å². The van der Waals surface area contributed by atoms with E-state index in [0.29, 0.717) is 39.5 Å². The zero-order valence-electron chi connectivity index (χ0n) is 12.5. The second-order valence-corrected chi connectivity index (χ2v) is 5.46. The fourth-order valence-electron chi connectivity index (χ4n) is 2.64. The van der Waals surface area contributed by atoms with Gasteiger partial charge in [-0.25, -0.2) is 0 Å². The van der Waals surface area contributed by atoms with Crippen LogP contribution < -0.4 is 5.32 Å². The van der Waals surface area contributed by atoms with Crippen LogP contribution in [0.1, 0.15) is 19.3 Å². The Morgan fingerprint density at radius 2 is 2.05 bits per heavy atom. The first kappa shape index (κ1) is 16.2. The molecule has 21 heavy (non-hydrogen) atoms. The van der Waals surface area contributed by atoms with Crippen molar-refractivity contribution >= 4 is 11.9 Å². The van der Waals surface area contributed by atoms with Gasteiger partial charge in [0, 0.05) is 32.3 Å². The first-order chi connectivity index (χ1) is 10.2. The highest BCUT2D eigenvalue weighted by molar-refractivity contribution is 5.78. The molecule has 0 spiro atoms. The number of ether oxygens (including phenoxy) is 3. The van der Waals surface area contributed by atoms with Crippen LogP contribution in [0.15, 0.2) is 0 Å². The van der Waals surface area contributed by atoms with Crippen LogP contribution in [0.3, 0.4) is 0 Å². The SMILES string of the molecule is COC(=O)CC1CN(CC(=O)NC2CCOCC2)CCO1. The fraction of sp³-hybridized carbons (Fsp3) is 0.857. The van der Waals surface area contributed by atoms with Crippen molar-refractivity contribution in [3.63, 3.8) is 0 Å². The number of amides is 1. The molecule has 1 unspecified atom stereocenters. The van der Waals surface area contributed by atoms with Gasteiger partial charge in [0.1, 0.15) is 0 Å². The van der Waals surface area contributed by atoms with Gasteiger partial charge in [0.2, 0.25) is 5.91 Å². The predicted octanol–water partition coefficient (Wildman–Crippen LogP) is -0.454. The lowest BCUT2D eigenvalue weighted by Gasteiger charge is -2.32. The van der Waals surface area contributed by atoms with Gasteiger partial charge in [-0.1, -0.05) is 0 Å². The molecule has 0 radical (unpaired) electrons. The Labute approximate surface area is 124 Å². The van der Waals surface area contributed by atoms with Crippen LogP contribution in [0.5, 0.6) is 0 Å². The second-order valence-electron chi connectivity index (χ2n) is 5.46. The van der Waals surface area contributed by atoms with E-state index in [0.717, 1.165) is 12.8 Å². The summed E-state index contributed by atoms with van der Waals surface area (Å²) in [6, 6.07) is 0.221. The summed E-state index contributed by atoms with van der Waals surface area (Å²) in [5.41, 5.74) is 0. The molecule has 0 bridgehead atoms. The van der Waals surface area contributed by atoms with E-state index in [2.05, 4.69) is 10.1 Å². The predicted molar refractivity (Wildman–Crippen MR) is 74.8 cm³/mol. The van der Waals surface area contributed by atoms with Gasteiger partial charge >= 0.3 is 5.97 Å². The van der Waals surface area contributed by atoms with Crippen LogP contribution in [0, 0.1) is 0 Å². The summed E-state index contributed by atoms with van der Waals surface area (Å²) in [5, 5.41) is 3.04. The summed E-state index contributed by atoms with van der Waals surface area (Å²) in [5.74, 6) is -0.255. The Balaban J connectivity index is 1.71. The Kier molecular flexibility index (Phi) is 6.41. The minimum absolute atomic E-state index is 0.0284. The van der Waals surface area contributed by atoms with E-state index in [-0.39, 0.29) is 30.4 Å². The normalized spacial score (nSPS) is 24.5. The van der Waals surface area contributed by atoms with Crippen LogP contribution in [-0.2, 0) is 23.8 Å². The summed E-state index contributed by atoms with van der Waals surface area (Å²) in [7, 11) is 1.37. The van der Waals surface area contributed by atoms with Gasteiger partial charge in [-0.15, -0.1) is 0 Å². The Morgan fingerprint density at radius 1 is 1.29 bits per heavy atom. The van der Waals surface area contributed by atoms with E-state index in [9.17, 15) is 9.59 Å². The van der Waals surface area contributed by atoms with E-state index < -0.39 is 0 Å². The monoisotopic (exact) mass is 300 g/mol. The third-order valence-electron chi connectivity index (χ3n) is 3.80. The molecule has 120 valence electrons. The lowest BCUT2D eigenvalue weighted by Crippen LogP contribution is -2.49. The van der Waals surface area contributed by atoms with E-state index in [1.807, 2.05) is 4.90 Å². The highest BCUT2D eigenvalue weighted by Gasteiger charge is 2.25. The average Bonchev–Trinajstić information content (AvgIpc) is 2.48. The summed E-state index contributed by atoms with van der Waals surface area (Å²) in [4.78, 5) is 25.3. The molecule has 1 amide bonds. The summed E-state index contributed by atoms with van der Waals surface area (Å²) in [6.07, 6.45) is 1.79. The van der Waals surface area contributed by atoms with E-state index >= 15 is 0 Å². The highest BCUT2D eigenvalue weighted by Crippen LogP contribution is 2.10. The molecular weight excluding hydrogens is 276 g/mol. The van der Waals surface area contributed by atoms with Gasteiger partial charge in [-0.05, 0) is 12.8 Å². The molecule has 0 aromatic heterocycles. The van der Waals surface area contributed by atoms with Crippen molar-refractivity contribution in [2.45, 2.75) is 31.4 Å². The second kappa shape index (κ2) is 8.31. The van der Waals surface area contributed by atoms with E-state index in [4.69, 9.17) is 9.47 Å². The molecular formula is C14H24N2O5. The Hall–Kier alpha value is -1.18. The maximum absolute atomic E-state index is 12.0. The fourth-order valence-corrected chi connectivity index (χ4v) is 2.64. The lowest BCUT2D eigenvalue weighted by molar-refractivity contribution is -0.145. The first-order valence-corrected chi connectivity index (χ1v) is 7.45. The number of carbonyl (C=O) groups is 2. The summed E-state index contributed by atoms with van der Waals surface area (Å²) in [6.45, 7) is 3.59. The van der Waals surface area contributed by atoms with Crippen molar-refractivity contribution in [2.24, 2.45) is 0 Å². The van der Waals surface area contributed by atoms with Crippen molar-refractivity contribution in [1.29, 1.82) is 0 Å². The highest BCUT2D eigenvalue weighted by atomic mass is 16.5. The van der Waals surface area contributed by atoms with E-state index in [1.165, 1.54) is 7.11 Å². The largest absolute Gasteiger partial charge is 0.469 e. The minimum Gasteiger partial charge on any atom is -0.469 e.